The second-order valence-corrected chi connectivity index (χ2v) is 3.28. The van der Waals surface area contributed by atoms with Crippen molar-refractivity contribution in [1.29, 1.82) is 0 Å². The van der Waals surface area contributed by atoms with Crippen molar-refractivity contribution >= 4 is 11.6 Å². The Labute approximate surface area is 80.5 Å². The Morgan fingerprint density at radius 1 is 1.38 bits per heavy atom. The number of halogens is 3. The molecule has 2 N–H and O–H groups in total. The van der Waals surface area contributed by atoms with E-state index >= 15 is 0 Å². The molecule has 0 heterocycles. The minimum Gasteiger partial charge on any atom is -0.324 e. The van der Waals surface area contributed by atoms with Crippen LogP contribution in [0.15, 0.2) is 18.2 Å². The van der Waals surface area contributed by atoms with Crippen molar-refractivity contribution in [3.05, 3.63) is 34.3 Å². The van der Waals surface area contributed by atoms with Gasteiger partial charge in [-0.25, -0.2) is 8.78 Å². The summed E-state index contributed by atoms with van der Waals surface area (Å²) in [7, 11) is 0. The van der Waals surface area contributed by atoms with Crippen LogP contribution in [-0.2, 0) is 0 Å². The molecule has 0 fully saturated rings. The van der Waals surface area contributed by atoms with Gasteiger partial charge in [-0.15, -0.1) is 0 Å². The predicted molar refractivity (Wildman–Crippen MR) is 49.0 cm³/mol. The van der Waals surface area contributed by atoms with Crippen LogP contribution in [0.25, 0.3) is 0 Å². The molecular weight excluding hydrogens is 196 g/mol. The molecule has 1 rings (SSSR count). The van der Waals surface area contributed by atoms with Crippen LogP contribution >= 0.6 is 11.6 Å². The van der Waals surface area contributed by atoms with Crippen LogP contribution in [0.2, 0.25) is 5.02 Å². The van der Waals surface area contributed by atoms with E-state index in [4.69, 9.17) is 17.3 Å². The van der Waals surface area contributed by atoms with Crippen LogP contribution in [0.4, 0.5) is 8.78 Å². The number of alkyl halides is 2. The van der Waals surface area contributed by atoms with E-state index in [1.54, 1.807) is 6.92 Å². The molecule has 4 heteroatoms. The Bertz CT molecular complexity index is 300. The fourth-order valence-corrected chi connectivity index (χ4v) is 1.41. The van der Waals surface area contributed by atoms with Crippen LogP contribution in [0.1, 0.15) is 30.5 Å². The third-order valence-corrected chi connectivity index (χ3v) is 2.09. The largest absolute Gasteiger partial charge is 0.324 e. The van der Waals surface area contributed by atoms with Gasteiger partial charge in [-0.3, -0.25) is 0 Å². The molecule has 13 heavy (non-hydrogen) atoms. The molecule has 0 saturated heterocycles. The minimum atomic E-state index is -2.49. The average molecular weight is 206 g/mol. The van der Waals surface area contributed by atoms with Crippen LogP contribution < -0.4 is 5.73 Å². The van der Waals surface area contributed by atoms with Crippen LogP contribution in [0.3, 0.4) is 0 Å². The van der Waals surface area contributed by atoms with Crippen LogP contribution in [0.5, 0.6) is 0 Å². The van der Waals surface area contributed by atoms with Crippen molar-refractivity contribution in [1.82, 2.24) is 0 Å². The van der Waals surface area contributed by atoms with Gasteiger partial charge in [0.1, 0.15) is 0 Å². The van der Waals surface area contributed by atoms with Crippen molar-refractivity contribution < 1.29 is 8.78 Å². The Morgan fingerprint density at radius 3 is 2.38 bits per heavy atom. The third-order valence-electron chi connectivity index (χ3n) is 1.77. The summed E-state index contributed by atoms with van der Waals surface area (Å²) < 4.78 is 24.4. The smallest absolute Gasteiger partial charge is 0.263 e. The Balaban J connectivity index is 3.06. The molecule has 72 valence electrons. The van der Waals surface area contributed by atoms with E-state index in [9.17, 15) is 8.78 Å². The third kappa shape index (κ3) is 2.39. The standard InChI is InChI=1S/C9H10ClF2N/c1-5(13)7-3-2-6(9(11)12)4-8(7)10/h2-5,9H,13H2,1H3. The molecule has 1 aromatic rings. The molecule has 1 unspecified atom stereocenters. The lowest BCUT2D eigenvalue weighted by atomic mass is 10.1. The van der Waals surface area contributed by atoms with E-state index in [1.165, 1.54) is 18.2 Å². The summed E-state index contributed by atoms with van der Waals surface area (Å²) >= 11 is 5.76. The average Bonchev–Trinajstić information content (AvgIpc) is 2.03. The Morgan fingerprint density at radius 2 is 2.00 bits per heavy atom. The maximum atomic E-state index is 12.2. The van der Waals surface area contributed by atoms with Gasteiger partial charge in [-0.2, -0.15) is 0 Å². The summed E-state index contributed by atoms with van der Waals surface area (Å²) in [6, 6.07) is 3.90. The SMILES string of the molecule is CC(N)c1ccc(C(F)F)cc1Cl. The van der Waals surface area contributed by atoms with Gasteiger partial charge in [0, 0.05) is 16.6 Å². The van der Waals surface area contributed by atoms with Gasteiger partial charge in [-0.05, 0) is 18.6 Å². The predicted octanol–water partition coefficient (Wildman–Crippen LogP) is 3.30. The molecule has 0 radical (unpaired) electrons. The highest BCUT2D eigenvalue weighted by atomic mass is 35.5. The molecule has 1 nitrogen and oxygen atoms in total. The lowest BCUT2D eigenvalue weighted by molar-refractivity contribution is 0.151. The van der Waals surface area contributed by atoms with Gasteiger partial charge in [0.2, 0.25) is 0 Å². The highest BCUT2D eigenvalue weighted by Crippen LogP contribution is 2.27. The second-order valence-electron chi connectivity index (χ2n) is 2.87. The van der Waals surface area contributed by atoms with Crippen LogP contribution in [0, 0.1) is 0 Å². The van der Waals surface area contributed by atoms with E-state index in [2.05, 4.69) is 0 Å². The molecule has 0 bridgehead atoms. The molecule has 0 spiro atoms. The van der Waals surface area contributed by atoms with E-state index < -0.39 is 6.43 Å². The maximum absolute atomic E-state index is 12.2. The van der Waals surface area contributed by atoms with Gasteiger partial charge in [0.25, 0.3) is 6.43 Å². The van der Waals surface area contributed by atoms with Crippen LogP contribution in [-0.4, -0.2) is 0 Å². The summed E-state index contributed by atoms with van der Waals surface area (Å²) in [5, 5.41) is 0.299. The van der Waals surface area contributed by atoms with E-state index in [-0.39, 0.29) is 11.6 Å². The number of nitrogens with two attached hydrogens (primary N) is 1. The van der Waals surface area contributed by atoms with E-state index in [0.717, 1.165) is 0 Å². The lowest BCUT2D eigenvalue weighted by Crippen LogP contribution is -2.05. The summed E-state index contributed by atoms with van der Waals surface area (Å²) in [6.45, 7) is 1.75. The quantitative estimate of drug-likeness (QED) is 0.788. The van der Waals surface area contributed by atoms with Crippen molar-refractivity contribution in [3.63, 3.8) is 0 Å². The molecule has 0 aliphatic carbocycles. The molecule has 1 atom stereocenters. The number of hydrogen-bond acceptors (Lipinski definition) is 1. The van der Waals surface area contributed by atoms with Gasteiger partial charge >= 0.3 is 0 Å². The van der Waals surface area contributed by atoms with E-state index in [0.29, 0.717) is 10.6 Å². The first-order chi connectivity index (χ1) is 6.02. The van der Waals surface area contributed by atoms with Gasteiger partial charge < -0.3 is 5.73 Å². The fourth-order valence-electron chi connectivity index (χ4n) is 1.05. The normalized spacial score (nSPS) is 13.4. The number of rotatable bonds is 2. The van der Waals surface area contributed by atoms with Gasteiger partial charge in [0.15, 0.2) is 0 Å². The molecule has 0 amide bonds. The second kappa shape index (κ2) is 4.03. The minimum absolute atomic E-state index is 0.0746. The van der Waals surface area contributed by atoms with Gasteiger partial charge in [0.05, 0.1) is 0 Å². The number of benzene rings is 1. The Kier molecular flexibility index (Phi) is 3.22. The molecule has 1 aromatic carbocycles. The topological polar surface area (TPSA) is 26.0 Å². The van der Waals surface area contributed by atoms with E-state index in [1.807, 2.05) is 0 Å². The molecular formula is C9H10ClF2N. The van der Waals surface area contributed by atoms with Crippen molar-refractivity contribution in [3.8, 4) is 0 Å². The van der Waals surface area contributed by atoms with Crippen molar-refractivity contribution in [2.45, 2.75) is 19.4 Å². The monoisotopic (exact) mass is 205 g/mol. The molecule has 0 aliphatic heterocycles. The number of hydrogen-bond donors (Lipinski definition) is 1. The molecule has 0 aliphatic rings. The first kappa shape index (κ1) is 10.4. The summed E-state index contributed by atoms with van der Waals surface area (Å²) in [5.74, 6) is 0. The summed E-state index contributed by atoms with van der Waals surface area (Å²) in [5.41, 5.74) is 6.18. The molecule has 0 saturated carbocycles. The fraction of sp³-hybridized carbons (Fsp3) is 0.333. The summed E-state index contributed by atoms with van der Waals surface area (Å²) in [4.78, 5) is 0. The Hall–Kier alpha value is -0.670. The zero-order valence-corrected chi connectivity index (χ0v) is 7.85. The lowest BCUT2D eigenvalue weighted by Gasteiger charge is -2.09. The van der Waals surface area contributed by atoms with Gasteiger partial charge in [-0.1, -0.05) is 23.7 Å². The van der Waals surface area contributed by atoms with Crippen molar-refractivity contribution in [2.75, 3.05) is 0 Å². The first-order valence-electron chi connectivity index (χ1n) is 3.85. The van der Waals surface area contributed by atoms with Crippen molar-refractivity contribution in [2.24, 2.45) is 5.73 Å². The zero-order chi connectivity index (χ0) is 10.0. The molecule has 0 aromatic heterocycles. The highest BCUT2D eigenvalue weighted by Gasteiger charge is 2.11. The first-order valence-corrected chi connectivity index (χ1v) is 4.23. The highest BCUT2D eigenvalue weighted by molar-refractivity contribution is 6.31. The maximum Gasteiger partial charge on any atom is 0.263 e. The zero-order valence-electron chi connectivity index (χ0n) is 7.10. The summed E-state index contributed by atoms with van der Waals surface area (Å²) in [6.07, 6.45) is -2.49.